The molecule has 15 heavy (non-hydrogen) atoms. The Bertz CT molecular complexity index is 515. The summed E-state index contributed by atoms with van der Waals surface area (Å²) in [5, 5.41) is 3.12. The lowest BCUT2D eigenvalue weighted by molar-refractivity contribution is 1.20. The van der Waals surface area contributed by atoms with Gasteiger partial charge < -0.3 is 9.97 Å². The van der Waals surface area contributed by atoms with Crippen molar-refractivity contribution in [2.24, 2.45) is 0 Å². The highest BCUT2D eigenvalue weighted by atomic mass is 14.9. The van der Waals surface area contributed by atoms with E-state index < -0.39 is 0 Å². The Balaban J connectivity index is 1.94. The summed E-state index contributed by atoms with van der Waals surface area (Å²) in [5.41, 5.74) is 4.30. The van der Waals surface area contributed by atoms with Gasteiger partial charge in [0.05, 0.1) is 11.4 Å². The van der Waals surface area contributed by atoms with Gasteiger partial charge in [-0.3, -0.25) is 5.32 Å². The number of allylic oxidation sites excluding steroid dienone is 2. The lowest BCUT2D eigenvalue weighted by Gasteiger charge is -1.92. The molecule has 1 aliphatic heterocycles. The van der Waals surface area contributed by atoms with Crippen molar-refractivity contribution in [1.82, 2.24) is 15.3 Å². The van der Waals surface area contributed by atoms with Crippen LogP contribution in [-0.2, 0) is 0 Å². The van der Waals surface area contributed by atoms with Gasteiger partial charge in [-0.1, -0.05) is 0 Å². The van der Waals surface area contributed by atoms with Gasteiger partial charge in [0.15, 0.2) is 18.0 Å². The highest BCUT2D eigenvalue weighted by Crippen LogP contribution is 2.20. The monoisotopic (exact) mass is 196 g/mol. The first-order chi connectivity index (χ1) is 7.43. The van der Waals surface area contributed by atoms with Gasteiger partial charge >= 0.3 is 0 Å². The minimum absolute atomic E-state index is 1.05. The second-order valence-electron chi connectivity index (χ2n) is 3.38. The predicted octanol–water partition coefficient (Wildman–Crippen LogP) is 2.27. The average molecular weight is 196 g/mol. The van der Waals surface area contributed by atoms with Crippen LogP contribution in [0.4, 0.5) is 0 Å². The quantitative estimate of drug-likeness (QED) is 0.634. The van der Waals surface area contributed by atoms with Crippen molar-refractivity contribution >= 4 is 5.70 Å². The van der Waals surface area contributed by atoms with Crippen LogP contribution in [0.5, 0.6) is 0 Å². The summed E-state index contributed by atoms with van der Waals surface area (Å²) < 4.78 is 0. The van der Waals surface area contributed by atoms with E-state index in [4.69, 9.17) is 0 Å². The Kier molecular flexibility index (Phi) is 1.70. The van der Waals surface area contributed by atoms with Crippen LogP contribution >= 0.6 is 0 Å². The molecule has 3 rings (SSSR count). The van der Waals surface area contributed by atoms with Gasteiger partial charge in [0, 0.05) is 6.20 Å². The normalized spacial score (nSPS) is 13.5. The molecule has 3 heteroatoms. The molecule has 72 valence electrons. The molecule has 0 fully saturated rings. The van der Waals surface area contributed by atoms with Crippen LogP contribution in [-0.4, -0.2) is 9.97 Å². The molecule has 0 aliphatic carbocycles. The molecule has 3 nitrogen and oxygen atoms in total. The Morgan fingerprint density at radius 1 is 1.00 bits per heavy atom. The van der Waals surface area contributed by atoms with E-state index in [2.05, 4.69) is 33.5 Å². The van der Waals surface area contributed by atoms with Crippen molar-refractivity contribution in [3.63, 3.8) is 0 Å². The molecule has 3 heterocycles. The van der Waals surface area contributed by atoms with Crippen LogP contribution in [0.25, 0.3) is 17.1 Å². The minimum atomic E-state index is 1.05. The number of hydrogen-bond acceptors (Lipinski definition) is 1. The smallest absolute Gasteiger partial charge is 0.208 e. The Morgan fingerprint density at radius 3 is 2.67 bits per heavy atom. The molecule has 0 radical (unpaired) electrons. The lowest BCUT2D eigenvalue weighted by Crippen LogP contribution is -1.99. The Morgan fingerprint density at radius 2 is 1.93 bits per heavy atom. The molecule has 0 saturated heterocycles. The number of hydrogen-bond donors (Lipinski definition) is 3. The molecule has 0 bridgehead atoms. The first kappa shape index (κ1) is 8.09. The van der Waals surface area contributed by atoms with Gasteiger partial charge in [0.1, 0.15) is 6.08 Å². The third-order valence-corrected chi connectivity index (χ3v) is 2.40. The van der Waals surface area contributed by atoms with Crippen LogP contribution in [0.3, 0.4) is 0 Å². The largest absolute Gasteiger partial charge is 0.360 e. The first-order valence-corrected chi connectivity index (χ1v) is 4.81. The number of aromatic amines is 2. The topological polar surface area (TPSA) is 43.6 Å². The zero-order chi connectivity index (χ0) is 10.1. The van der Waals surface area contributed by atoms with E-state index in [1.54, 1.807) is 6.20 Å². The van der Waals surface area contributed by atoms with Gasteiger partial charge in [0.2, 0.25) is 5.70 Å². The van der Waals surface area contributed by atoms with Crippen LogP contribution in [0.15, 0.2) is 42.7 Å². The standard InChI is InChI=1S/C12H10N3/c1-3-9(13-7-1)11-5-6-12(15-11)10-4-2-8-14-10/h1,3-8,13-15H/q+1. The van der Waals surface area contributed by atoms with Crippen molar-refractivity contribution < 1.29 is 0 Å². The average Bonchev–Trinajstić information content (AvgIpc) is 3.02. The van der Waals surface area contributed by atoms with Crippen LogP contribution in [0.1, 0.15) is 5.69 Å². The fourth-order valence-electron chi connectivity index (χ4n) is 1.65. The molecule has 2 aromatic heterocycles. The van der Waals surface area contributed by atoms with E-state index >= 15 is 0 Å². The van der Waals surface area contributed by atoms with Crippen LogP contribution in [0, 0.1) is 6.08 Å². The van der Waals surface area contributed by atoms with E-state index in [-0.39, 0.29) is 0 Å². The number of H-pyrrole nitrogens is 2. The van der Waals surface area contributed by atoms with Crippen molar-refractivity contribution in [3.8, 4) is 11.4 Å². The third-order valence-electron chi connectivity index (χ3n) is 2.40. The first-order valence-electron chi connectivity index (χ1n) is 4.81. The van der Waals surface area contributed by atoms with E-state index in [1.807, 2.05) is 24.4 Å². The van der Waals surface area contributed by atoms with Gasteiger partial charge in [-0.15, -0.1) is 0 Å². The molecule has 0 aromatic carbocycles. The molecule has 0 amide bonds. The Labute approximate surface area is 87.5 Å². The van der Waals surface area contributed by atoms with Crippen molar-refractivity contribution in [2.45, 2.75) is 0 Å². The maximum atomic E-state index is 3.34. The summed E-state index contributed by atoms with van der Waals surface area (Å²) in [5.74, 6) is 0. The number of nitrogens with one attached hydrogen (secondary N) is 3. The molecular weight excluding hydrogens is 186 g/mol. The van der Waals surface area contributed by atoms with Crippen LogP contribution in [0.2, 0.25) is 0 Å². The zero-order valence-corrected chi connectivity index (χ0v) is 8.04. The van der Waals surface area contributed by atoms with Crippen LogP contribution < -0.4 is 5.32 Å². The van der Waals surface area contributed by atoms with Crippen molar-refractivity contribution in [1.29, 1.82) is 0 Å². The van der Waals surface area contributed by atoms with E-state index in [0.29, 0.717) is 0 Å². The molecule has 0 unspecified atom stereocenters. The van der Waals surface area contributed by atoms with E-state index in [9.17, 15) is 0 Å². The number of rotatable bonds is 2. The summed E-state index contributed by atoms with van der Waals surface area (Å²) in [6.07, 6.45) is 8.62. The second-order valence-corrected chi connectivity index (χ2v) is 3.38. The molecule has 2 aromatic rings. The summed E-state index contributed by atoms with van der Waals surface area (Å²) in [7, 11) is 0. The van der Waals surface area contributed by atoms with Crippen molar-refractivity contribution in [3.05, 3.63) is 54.5 Å². The van der Waals surface area contributed by atoms with Gasteiger partial charge in [-0.2, -0.15) is 0 Å². The highest BCUT2D eigenvalue weighted by molar-refractivity contribution is 5.68. The fourth-order valence-corrected chi connectivity index (χ4v) is 1.65. The summed E-state index contributed by atoms with van der Waals surface area (Å²) in [6, 6.07) is 8.13. The van der Waals surface area contributed by atoms with E-state index in [1.165, 1.54) is 0 Å². The van der Waals surface area contributed by atoms with Gasteiger partial charge in [-0.05, 0) is 24.3 Å². The fraction of sp³-hybridized carbons (Fsp3) is 0. The molecule has 0 saturated carbocycles. The second kappa shape index (κ2) is 3.15. The van der Waals surface area contributed by atoms with Gasteiger partial charge in [0.25, 0.3) is 0 Å². The molecule has 3 N–H and O–H groups in total. The highest BCUT2D eigenvalue weighted by Gasteiger charge is 2.15. The maximum Gasteiger partial charge on any atom is 0.208 e. The lowest BCUT2D eigenvalue weighted by atomic mass is 10.3. The molecular formula is C12H10N3+. The molecule has 1 aliphatic rings. The summed E-state index contributed by atoms with van der Waals surface area (Å²) >= 11 is 0. The van der Waals surface area contributed by atoms with E-state index in [0.717, 1.165) is 22.8 Å². The SMILES string of the molecule is [C+]1=CNC(c2ccc(-c3ccc[nH]3)[nH]2)=C1. The predicted molar refractivity (Wildman–Crippen MR) is 59.5 cm³/mol. The Hall–Kier alpha value is -2.25. The third kappa shape index (κ3) is 1.35. The van der Waals surface area contributed by atoms with Crippen molar-refractivity contribution in [2.75, 3.05) is 0 Å². The van der Waals surface area contributed by atoms with Gasteiger partial charge in [-0.25, -0.2) is 0 Å². The zero-order valence-electron chi connectivity index (χ0n) is 8.04. The molecule has 0 atom stereocenters. The minimum Gasteiger partial charge on any atom is -0.360 e. The molecule has 0 spiro atoms. The maximum absolute atomic E-state index is 3.34. The summed E-state index contributed by atoms with van der Waals surface area (Å²) in [4.78, 5) is 6.50. The summed E-state index contributed by atoms with van der Waals surface area (Å²) in [6.45, 7) is 0. The number of aromatic nitrogens is 2.